The largest absolute Gasteiger partial charge is 0.497 e. The summed E-state index contributed by atoms with van der Waals surface area (Å²) in [4.78, 5) is 4.75. The van der Waals surface area contributed by atoms with E-state index in [1.807, 2.05) is 18.3 Å². The first-order valence-corrected chi connectivity index (χ1v) is 9.23. The lowest BCUT2D eigenvalue weighted by Gasteiger charge is -2.12. The summed E-state index contributed by atoms with van der Waals surface area (Å²) in [6, 6.07) is 19.0. The van der Waals surface area contributed by atoms with Crippen molar-refractivity contribution in [2.24, 2.45) is 0 Å². The van der Waals surface area contributed by atoms with Gasteiger partial charge in [0, 0.05) is 29.4 Å². The van der Waals surface area contributed by atoms with Crippen LogP contribution in [0.3, 0.4) is 0 Å². The van der Waals surface area contributed by atoms with Gasteiger partial charge < -0.3 is 9.30 Å². The van der Waals surface area contributed by atoms with Crippen LogP contribution in [-0.4, -0.2) is 16.7 Å². The van der Waals surface area contributed by atoms with Crippen LogP contribution in [0.4, 0.5) is 0 Å². The van der Waals surface area contributed by atoms with Gasteiger partial charge in [0.15, 0.2) is 0 Å². The van der Waals surface area contributed by atoms with Crippen LogP contribution in [0.25, 0.3) is 22.2 Å². The lowest BCUT2D eigenvalue weighted by atomic mass is 10.1. The summed E-state index contributed by atoms with van der Waals surface area (Å²) in [6.45, 7) is 7.31. The number of halogens is 1. The maximum absolute atomic E-state index is 5.29. The molecule has 0 N–H and O–H groups in total. The van der Waals surface area contributed by atoms with Crippen molar-refractivity contribution in [1.82, 2.24) is 9.55 Å². The quantitative estimate of drug-likeness (QED) is 0.419. The Labute approximate surface area is 172 Å². The third-order valence-corrected chi connectivity index (χ3v) is 5.37. The van der Waals surface area contributed by atoms with Gasteiger partial charge in [0.1, 0.15) is 5.75 Å². The van der Waals surface area contributed by atoms with E-state index in [-0.39, 0.29) is 12.4 Å². The molecule has 2 aromatic heterocycles. The van der Waals surface area contributed by atoms with Crippen LogP contribution in [0.2, 0.25) is 0 Å². The molecule has 3 nitrogen and oxygen atoms in total. The molecule has 0 unspecified atom stereocenters. The zero-order valence-corrected chi connectivity index (χ0v) is 17.5. The average Bonchev–Trinajstić information content (AvgIpc) is 2.94. The molecular weight excluding hydrogens is 368 g/mol. The molecule has 2 aromatic carbocycles. The number of hydrogen-bond donors (Lipinski definition) is 0. The molecule has 0 aliphatic heterocycles. The van der Waals surface area contributed by atoms with Gasteiger partial charge in [-0.15, -0.1) is 12.4 Å². The smallest absolute Gasteiger partial charge is 0.118 e. The number of aryl methyl sites for hydroxylation is 2. The van der Waals surface area contributed by atoms with Gasteiger partial charge in [0.25, 0.3) is 0 Å². The lowest BCUT2D eigenvalue weighted by molar-refractivity contribution is 0.414. The number of nitrogens with zero attached hydrogens (tertiary/aromatic N) is 2. The second-order valence-electron chi connectivity index (χ2n) is 7.07. The summed E-state index contributed by atoms with van der Waals surface area (Å²) < 4.78 is 7.67. The Bertz CT molecular complexity index is 1100. The molecule has 0 fully saturated rings. The van der Waals surface area contributed by atoms with E-state index in [4.69, 9.17) is 9.72 Å². The second kappa shape index (κ2) is 8.07. The van der Waals surface area contributed by atoms with E-state index in [0.29, 0.717) is 0 Å². The van der Waals surface area contributed by atoms with E-state index in [9.17, 15) is 0 Å². The molecule has 0 amide bonds. The Hall–Kier alpha value is -2.78. The Morgan fingerprint density at radius 1 is 0.893 bits per heavy atom. The van der Waals surface area contributed by atoms with E-state index in [0.717, 1.165) is 23.6 Å². The van der Waals surface area contributed by atoms with Crippen LogP contribution in [0, 0.1) is 20.8 Å². The summed E-state index contributed by atoms with van der Waals surface area (Å²) in [5, 5.41) is 1.27. The van der Waals surface area contributed by atoms with Crippen molar-refractivity contribution in [2.75, 3.05) is 7.11 Å². The topological polar surface area (TPSA) is 27.1 Å². The van der Waals surface area contributed by atoms with Crippen molar-refractivity contribution >= 4 is 23.3 Å². The third kappa shape index (κ3) is 3.50. The molecule has 0 saturated carbocycles. The van der Waals surface area contributed by atoms with Crippen LogP contribution in [0.5, 0.6) is 5.75 Å². The maximum atomic E-state index is 5.29. The van der Waals surface area contributed by atoms with Gasteiger partial charge in [-0.2, -0.15) is 0 Å². The molecule has 0 bridgehead atoms. The predicted octanol–water partition coefficient (Wildman–Crippen LogP) is 6.11. The average molecular weight is 393 g/mol. The highest BCUT2D eigenvalue weighted by atomic mass is 35.5. The Morgan fingerprint density at radius 2 is 1.57 bits per heavy atom. The molecule has 28 heavy (non-hydrogen) atoms. The number of fused-ring (bicyclic) bond motifs is 1. The van der Waals surface area contributed by atoms with Crippen LogP contribution < -0.4 is 4.74 Å². The SMILES string of the molecule is COc1ccc(Cn2c(C)c(C)c3ccnc(-c4ccc(C)cc4)c32)cc1.Cl. The van der Waals surface area contributed by atoms with Gasteiger partial charge in [-0.05, 0) is 50.1 Å². The van der Waals surface area contributed by atoms with Gasteiger partial charge in [-0.25, -0.2) is 0 Å². The highest BCUT2D eigenvalue weighted by Gasteiger charge is 2.16. The highest BCUT2D eigenvalue weighted by Crippen LogP contribution is 2.33. The number of benzene rings is 2. The van der Waals surface area contributed by atoms with Crippen molar-refractivity contribution in [1.29, 1.82) is 0 Å². The van der Waals surface area contributed by atoms with E-state index in [1.165, 1.54) is 33.3 Å². The molecule has 4 rings (SSSR count). The van der Waals surface area contributed by atoms with Gasteiger partial charge in [0.05, 0.1) is 18.3 Å². The molecule has 0 spiro atoms. The number of methoxy groups -OCH3 is 1. The van der Waals surface area contributed by atoms with E-state index in [2.05, 4.69) is 67.8 Å². The molecule has 0 radical (unpaired) electrons. The maximum Gasteiger partial charge on any atom is 0.118 e. The first kappa shape index (κ1) is 20.0. The molecule has 2 heterocycles. The van der Waals surface area contributed by atoms with Crippen LogP contribution in [-0.2, 0) is 6.54 Å². The summed E-state index contributed by atoms with van der Waals surface area (Å²) >= 11 is 0. The molecule has 4 heteroatoms. The third-order valence-electron chi connectivity index (χ3n) is 5.37. The molecule has 0 aliphatic rings. The fraction of sp³-hybridized carbons (Fsp3) is 0.208. The summed E-state index contributed by atoms with van der Waals surface area (Å²) in [5.74, 6) is 0.881. The van der Waals surface area contributed by atoms with Crippen molar-refractivity contribution in [3.8, 4) is 17.0 Å². The van der Waals surface area contributed by atoms with Crippen molar-refractivity contribution in [3.05, 3.63) is 83.2 Å². The van der Waals surface area contributed by atoms with Crippen molar-refractivity contribution in [2.45, 2.75) is 27.3 Å². The minimum atomic E-state index is 0. The summed E-state index contributed by atoms with van der Waals surface area (Å²) in [7, 11) is 1.70. The minimum Gasteiger partial charge on any atom is -0.497 e. The monoisotopic (exact) mass is 392 g/mol. The second-order valence-corrected chi connectivity index (χ2v) is 7.07. The molecule has 144 valence electrons. The van der Waals surface area contributed by atoms with E-state index >= 15 is 0 Å². The first-order chi connectivity index (χ1) is 13.1. The summed E-state index contributed by atoms with van der Waals surface area (Å²) in [5.41, 5.74) is 8.49. The summed E-state index contributed by atoms with van der Waals surface area (Å²) in [6.07, 6.45) is 1.92. The van der Waals surface area contributed by atoms with Crippen LogP contribution in [0.1, 0.15) is 22.4 Å². The zero-order valence-electron chi connectivity index (χ0n) is 16.7. The number of hydrogen-bond acceptors (Lipinski definition) is 2. The first-order valence-electron chi connectivity index (χ1n) is 9.23. The van der Waals surface area contributed by atoms with Gasteiger partial charge in [-0.3, -0.25) is 4.98 Å². The van der Waals surface area contributed by atoms with Gasteiger partial charge in [-0.1, -0.05) is 42.0 Å². The Balaban J connectivity index is 0.00000225. The molecule has 4 aromatic rings. The molecular formula is C24H25ClN2O. The molecule has 0 atom stereocenters. The van der Waals surface area contributed by atoms with Crippen molar-refractivity contribution < 1.29 is 4.74 Å². The van der Waals surface area contributed by atoms with Gasteiger partial charge in [0.2, 0.25) is 0 Å². The normalized spacial score (nSPS) is 10.7. The van der Waals surface area contributed by atoms with Crippen LogP contribution >= 0.6 is 12.4 Å². The zero-order chi connectivity index (χ0) is 19.0. The minimum absolute atomic E-state index is 0. The van der Waals surface area contributed by atoms with E-state index < -0.39 is 0 Å². The standard InChI is InChI=1S/C24H24N2O.ClH/c1-16-5-9-20(10-6-16)23-24-22(13-14-25-23)17(2)18(3)26(24)15-19-7-11-21(27-4)12-8-19;/h5-14H,15H2,1-4H3;1H. The fourth-order valence-corrected chi connectivity index (χ4v) is 3.63. The molecule has 0 saturated heterocycles. The number of rotatable bonds is 4. The lowest BCUT2D eigenvalue weighted by Crippen LogP contribution is -2.03. The van der Waals surface area contributed by atoms with Crippen molar-refractivity contribution in [3.63, 3.8) is 0 Å². The Morgan fingerprint density at radius 3 is 2.21 bits per heavy atom. The van der Waals surface area contributed by atoms with Gasteiger partial charge >= 0.3 is 0 Å². The number of pyridine rings is 1. The predicted molar refractivity (Wildman–Crippen MR) is 119 cm³/mol. The number of aromatic nitrogens is 2. The highest BCUT2D eigenvalue weighted by molar-refractivity contribution is 5.95. The van der Waals surface area contributed by atoms with E-state index in [1.54, 1.807) is 7.11 Å². The fourth-order valence-electron chi connectivity index (χ4n) is 3.63. The number of ether oxygens (including phenoxy) is 1. The Kier molecular flexibility index (Phi) is 5.76. The van der Waals surface area contributed by atoms with Crippen LogP contribution in [0.15, 0.2) is 60.8 Å². The molecule has 0 aliphatic carbocycles.